The van der Waals surface area contributed by atoms with Gasteiger partial charge in [0, 0.05) is 12.2 Å². The highest BCUT2D eigenvalue weighted by molar-refractivity contribution is 5.59. The molecule has 0 atom stereocenters. The van der Waals surface area contributed by atoms with Crippen molar-refractivity contribution in [1.29, 1.82) is 0 Å². The van der Waals surface area contributed by atoms with Crippen molar-refractivity contribution in [1.82, 2.24) is 10.2 Å². The van der Waals surface area contributed by atoms with Crippen LogP contribution in [0.4, 0.5) is 21.7 Å². The van der Waals surface area contributed by atoms with Gasteiger partial charge in [-0.3, -0.25) is 0 Å². The van der Waals surface area contributed by atoms with Crippen LogP contribution in [0.25, 0.3) is 0 Å². The van der Waals surface area contributed by atoms with E-state index < -0.39 is 0 Å². The summed E-state index contributed by atoms with van der Waals surface area (Å²) < 4.78 is 13.2. The summed E-state index contributed by atoms with van der Waals surface area (Å²) in [7, 11) is 0. The van der Waals surface area contributed by atoms with Gasteiger partial charge in [0.15, 0.2) is 5.82 Å². The Morgan fingerprint density at radius 1 is 1.24 bits per heavy atom. The van der Waals surface area contributed by atoms with Gasteiger partial charge in [-0.15, -0.1) is 10.2 Å². The molecule has 0 radical (unpaired) electrons. The van der Waals surface area contributed by atoms with Crippen molar-refractivity contribution < 1.29 is 4.39 Å². The number of anilines is 3. The van der Waals surface area contributed by atoms with Gasteiger partial charge < -0.3 is 10.6 Å². The van der Waals surface area contributed by atoms with E-state index in [1.54, 1.807) is 18.2 Å². The van der Waals surface area contributed by atoms with Crippen LogP contribution in [-0.4, -0.2) is 16.7 Å². The lowest BCUT2D eigenvalue weighted by Gasteiger charge is -2.21. The summed E-state index contributed by atoms with van der Waals surface area (Å²) >= 11 is 0. The van der Waals surface area contributed by atoms with E-state index in [1.165, 1.54) is 12.1 Å². The minimum atomic E-state index is -0.274. The molecule has 0 saturated carbocycles. The van der Waals surface area contributed by atoms with Crippen molar-refractivity contribution in [2.24, 2.45) is 0 Å². The van der Waals surface area contributed by atoms with Crippen LogP contribution >= 0.6 is 0 Å². The number of hydrogen-bond donors (Lipinski definition) is 1. The highest BCUT2D eigenvalue weighted by Crippen LogP contribution is 2.23. The van der Waals surface area contributed by atoms with E-state index in [9.17, 15) is 4.39 Å². The smallest absolute Gasteiger partial charge is 0.155 e. The molecule has 0 spiro atoms. The lowest BCUT2D eigenvalue weighted by Crippen LogP contribution is -2.18. The van der Waals surface area contributed by atoms with E-state index in [-0.39, 0.29) is 5.82 Å². The number of halogens is 1. The summed E-state index contributed by atoms with van der Waals surface area (Å²) in [5.41, 5.74) is 6.22. The van der Waals surface area contributed by atoms with Gasteiger partial charge in [-0.2, -0.15) is 0 Å². The molecule has 0 unspecified atom stereocenters. The largest absolute Gasteiger partial charge is 0.382 e. The number of nitrogens with two attached hydrogens (primary N) is 1. The average Bonchev–Trinajstić information content (AvgIpc) is 2.33. The van der Waals surface area contributed by atoms with Gasteiger partial charge in [0.2, 0.25) is 0 Å². The standard InChI is InChI=1S/C12H13FN4/c1-2-17(10-5-3-4-9(13)8-10)12-7-6-11(14)15-16-12/h3-8H,2H2,1H3,(H2,14,15). The van der Waals surface area contributed by atoms with Crippen LogP contribution in [0.3, 0.4) is 0 Å². The fraction of sp³-hybridized carbons (Fsp3) is 0.167. The zero-order chi connectivity index (χ0) is 12.3. The number of nitrogens with zero attached hydrogens (tertiary/aromatic N) is 3. The Morgan fingerprint density at radius 3 is 2.65 bits per heavy atom. The molecule has 4 nitrogen and oxygen atoms in total. The lowest BCUT2D eigenvalue weighted by molar-refractivity contribution is 0.627. The molecule has 0 bridgehead atoms. The monoisotopic (exact) mass is 232 g/mol. The fourth-order valence-corrected chi connectivity index (χ4v) is 1.60. The third kappa shape index (κ3) is 2.50. The van der Waals surface area contributed by atoms with E-state index in [0.29, 0.717) is 18.2 Å². The molecule has 0 fully saturated rings. The van der Waals surface area contributed by atoms with E-state index in [4.69, 9.17) is 5.73 Å². The number of rotatable bonds is 3. The Balaban J connectivity index is 2.36. The first-order valence-corrected chi connectivity index (χ1v) is 5.33. The Labute approximate surface area is 98.9 Å². The van der Waals surface area contributed by atoms with Crippen LogP contribution in [0.1, 0.15) is 6.92 Å². The number of aromatic nitrogens is 2. The molecule has 2 N–H and O–H groups in total. The zero-order valence-electron chi connectivity index (χ0n) is 9.47. The molecule has 2 aromatic rings. The van der Waals surface area contributed by atoms with Crippen LogP contribution in [0, 0.1) is 5.82 Å². The highest BCUT2D eigenvalue weighted by Gasteiger charge is 2.09. The highest BCUT2D eigenvalue weighted by atomic mass is 19.1. The molecular formula is C12H13FN4. The van der Waals surface area contributed by atoms with E-state index in [0.717, 1.165) is 5.69 Å². The van der Waals surface area contributed by atoms with Crippen molar-refractivity contribution in [2.75, 3.05) is 17.2 Å². The van der Waals surface area contributed by atoms with Gasteiger partial charge in [0.05, 0.1) is 0 Å². The second-order valence-electron chi connectivity index (χ2n) is 3.54. The van der Waals surface area contributed by atoms with Gasteiger partial charge in [-0.25, -0.2) is 4.39 Å². The maximum atomic E-state index is 13.2. The Morgan fingerprint density at radius 2 is 2.06 bits per heavy atom. The van der Waals surface area contributed by atoms with Crippen LogP contribution in [0.15, 0.2) is 36.4 Å². The third-order valence-corrected chi connectivity index (χ3v) is 2.38. The average molecular weight is 232 g/mol. The first-order valence-electron chi connectivity index (χ1n) is 5.33. The summed E-state index contributed by atoms with van der Waals surface area (Å²) in [4.78, 5) is 1.86. The number of benzene rings is 1. The molecule has 2 rings (SSSR count). The van der Waals surface area contributed by atoms with Crippen molar-refractivity contribution in [3.63, 3.8) is 0 Å². The third-order valence-electron chi connectivity index (χ3n) is 2.38. The SMILES string of the molecule is CCN(c1cccc(F)c1)c1ccc(N)nn1. The van der Waals surface area contributed by atoms with Crippen molar-refractivity contribution in [3.05, 3.63) is 42.2 Å². The summed E-state index contributed by atoms with van der Waals surface area (Å²) in [5.74, 6) is 0.737. The van der Waals surface area contributed by atoms with Gasteiger partial charge in [-0.05, 0) is 37.3 Å². The normalized spacial score (nSPS) is 10.2. The van der Waals surface area contributed by atoms with Crippen LogP contribution in [0.5, 0.6) is 0 Å². The predicted molar refractivity (Wildman–Crippen MR) is 65.5 cm³/mol. The molecule has 0 amide bonds. The van der Waals surface area contributed by atoms with Crippen molar-refractivity contribution in [2.45, 2.75) is 6.92 Å². The number of nitrogen functional groups attached to an aromatic ring is 1. The zero-order valence-corrected chi connectivity index (χ0v) is 9.47. The second kappa shape index (κ2) is 4.78. The van der Waals surface area contributed by atoms with Gasteiger partial charge in [0.25, 0.3) is 0 Å². The Kier molecular flexibility index (Phi) is 3.18. The molecule has 5 heteroatoms. The Hall–Kier alpha value is -2.17. The minimum Gasteiger partial charge on any atom is -0.382 e. The van der Waals surface area contributed by atoms with Gasteiger partial charge >= 0.3 is 0 Å². The summed E-state index contributed by atoms with van der Waals surface area (Å²) in [6.07, 6.45) is 0. The summed E-state index contributed by atoms with van der Waals surface area (Å²) in [6.45, 7) is 2.63. The quantitative estimate of drug-likeness (QED) is 0.882. The molecular weight excluding hydrogens is 219 g/mol. The molecule has 1 heterocycles. The topological polar surface area (TPSA) is 55.0 Å². The first-order chi connectivity index (χ1) is 8.20. The van der Waals surface area contributed by atoms with E-state index in [1.807, 2.05) is 17.9 Å². The Bertz CT molecular complexity index is 498. The van der Waals surface area contributed by atoms with Crippen molar-refractivity contribution in [3.8, 4) is 0 Å². The van der Waals surface area contributed by atoms with Gasteiger partial charge in [0.1, 0.15) is 11.6 Å². The summed E-state index contributed by atoms with van der Waals surface area (Å²) in [5, 5.41) is 7.77. The molecule has 0 aliphatic carbocycles. The molecule has 17 heavy (non-hydrogen) atoms. The van der Waals surface area contributed by atoms with Gasteiger partial charge in [-0.1, -0.05) is 6.07 Å². The molecule has 1 aromatic carbocycles. The maximum Gasteiger partial charge on any atom is 0.155 e. The van der Waals surface area contributed by atoms with Crippen LogP contribution in [-0.2, 0) is 0 Å². The van der Waals surface area contributed by atoms with E-state index >= 15 is 0 Å². The lowest BCUT2D eigenvalue weighted by atomic mass is 10.2. The van der Waals surface area contributed by atoms with E-state index in [2.05, 4.69) is 10.2 Å². The molecule has 0 saturated heterocycles. The number of hydrogen-bond acceptors (Lipinski definition) is 4. The molecule has 1 aromatic heterocycles. The van der Waals surface area contributed by atoms with Crippen LogP contribution < -0.4 is 10.6 Å². The second-order valence-corrected chi connectivity index (χ2v) is 3.54. The minimum absolute atomic E-state index is 0.274. The molecule has 88 valence electrons. The van der Waals surface area contributed by atoms with Crippen molar-refractivity contribution >= 4 is 17.3 Å². The maximum absolute atomic E-state index is 13.2. The summed E-state index contributed by atoms with van der Waals surface area (Å²) in [6, 6.07) is 9.79. The first kappa shape index (κ1) is 11.3. The fourth-order valence-electron chi connectivity index (χ4n) is 1.60. The van der Waals surface area contributed by atoms with Crippen LogP contribution in [0.2, 0.25) is 0 Å². The molecule has 0 aliphatic rings. The molecule has 0 aliphatic heterocycles. The predicted octanol–water partition coefficient (Wildman–Crippen LogP) is 2.36.